The van der Waals surface area contributed by atoms with Crippen LogP contribution in [0.1, 0.15) is 6.92 Å². The molecule has 1 heterocycles. The van der Waals surface area contributed by atoms with Gasteiger partial charge in [-0.3, -0.25) is 4.79 Å². The molecule has 0 saturated heterocycles. The van der Waals surface area contributed by atoms with Gasteiger partial charge in [-0.15, -0.1) is 0 Å². The Balaban J connectivity index is 2.81. The smallest absolute Gasteiger partial charge is 0.318 e. The maximum absolute atomic E-state index is 11.4. The Kier molecular flexibility index (Phi) is 3.43. The van der Waals surface area contributed by atoms with Gasteiger partial charge in [-0.25, -0.2) is 13.4 Å². The summed E-state index contributed by atoms with van der Waals surface area (Å²) in [5, 5.41) is 8.15. The van der Waals surface area contributed by atoms with Crippen LogP contribution in [-0.4, -0.2) is 35.6 Å². The number of nitrogens with one attached hydrogen (secondary N) is 1. The zero-order valence-corrected chi connectivity index (χ0v) is 8.86. The van der Waals surface area contributed by atoms with Crippen LogP contribution in [0, 0.1) is 0 Å². The molecule has 1 aromatic rings. The van der Waals surface area contributed by atoms with Gasteiger partial charge in [0.15, 0.2) is 5.03 Å². The molecular weight excluding hydrogens is 222 g/mol. The second kappa shape index (κ2) is 4.41. The van der Waals surface area contributed by atoms with Gasteiger partial charge in [-0.1, -0.05) is 0 Å². The number of aryl methyl sites for hydroxylation is 1. The van der Waals surface area contributed by atoms with Crippen LogP contribution in [0.2, 0.25) is 0 Å². The minimum absolute atomic E-state index is 0.175. The first kappa shape index (κ1) is 11.7. The number of carboxylic acids is 1. The molecule has 0 atom stereocenters. The predicted octanol–water partition coefficient (Wildman–Crippen LogP) is -0.734. The van der Waals surface area contributed by atoms with Crippen molar-refractivity contribution in [3.05, 3.63) is 12.5 Å². The van der Waals surface area contributed by atoms with Gasteiger partial charge in [0.05, 0.1) is 6.33 Å². The number of aliphatic carboxylic acids is 1. The Morgan fingerprint density at radius 3 is 2.80 bits per heavy atom. The van der Waals surface area contributed by atoms with Gasteiger partial charge in [-0.05, 0) is 6.92 Å². The van der Waals surface area contributed by atoms with Crippen LogP contribution < -0.4 is 4.72 Å². The van der Waals surface area contributed by atoms with E-state index in [2.05, 4.69) is 4.98 Å². The molecule has 84 valence electrons. The van der Waals surface area contributed by atoms with Gasteiger partial charge in [0, 0.05) is 12.7 Å². The number of hydrogen-bond acceptors (Lipinski definition) is 4. The minimum atomic E-state index is -3.81. The van der Waals surface area contributed by atoms with E-state index in [0.717, 1.165) is 0 Å². The third-order valence-electron chi connectivity index (χ3n) is 1.66. The summed E-state index contributed by atoms with van der Waals surface area (Å²) < 4.78 is 26.3. The lowest BCUT2D eigenvalue weighted by Gasteiger charge is -1.99. The van der Waals surface area contributed by atoms with E-state index in [4.69, 9.17) is 5.11 Å². The first-order valence-corrected chi connectivity index (χ1v) is 5.67. The summed E-state index contributed by atoms with van der Waals surface area (Å²) in [5.74, 6) is -1.24. The highest BCUT2D eigenvalue weighted by atomic mass is 32.2. The van der Waals surface area contributed by atoms with E-state index in [-0.39, 0.29) is 5.03 Å². The third-order valence-corrected chi connectivity index (χ3v) is 2.95. The van der Waals surface area contributed by atoms with Crippen LogP contribution in [0.4, 0.5) is 0 Å². The lowest BCUT2D eigenvalue weighted by atomic mass is 10.7. The summed E-state index contributed by atoms with van der Waals surface area (Å²) in [4.78, 5) is 13.8. The third kappa shape index (κ3) is 3.03. The monoisotopic (exact) mass is 233 g/mol. The van der Waals surface area contributed by atoms with Crippen LogP contribution in [0.15, 0.2) is 17.6 Å². The number of rotatable bonds is 5. The van der Waals surface area contributed by atoms with Crippen LogP contribution >= 0.6 is 0 Å². The molecule has 0 aliphatic heterocycles. The lowest BCUT2D eigenvalue weighted by Crippen LogP contribution is -2.29. The molecule has 1 rings (SSSR count). The van der Waals surface area contributed by atoms with Gasteiger partial charge in [-0.2, -0.15) is 4.72 Å². The molecule has 0 radical (unpaired) electrons. The first-order valence-electron chi connectivity index (χ1n) is 4.19. The molecule has 0 aliphatic carbocycles. The number of nitrogens with zero attached hydrogens (tertiary/aromatic N) is 2. The summed E-state index contributed by atoms with van der Waals surface area (Å²) in [6.07, 6.45) is 2.71. The van der Waals surface area contributed by atoms with Gasteiger partial charge in [0.1, 0.15) is 6.54 Å². The SMILES string of the molecule is CCn1cnc(S(=O)(=O)NCC(=O)O)c1. The van der Waals surface area contributed by atoms with E-state index >= 15 is 0 Å². The van der Waals surface area contributed by atoms with Crippen LogP contribution in [0.5, 0.6) is 0 Å². The largest absolute Gasteiger partial charge is 0.480 e. The molecule has 0 saturated carbocycles. The number of aromatic nitrogens is 2. The highest BCUT2D eigenvalue weighted by Gasteiger charge is 2.17. The molecule has 0 spiro atoms. The van der Waals surface area contributed by atoms with Crippen molar-refractivity contribution in [2.24, 2.45) is 0 Å². The van der Waals surface area contributed by atoms with E-state index in [0.29, 0.717) is 6.54 Å². The molecule has 2 N–H and O–H groups in total. The second-order valence-electron chi connectivity index (χ2n) is 2.76. The van der Waals surface area contributed by atoms with Crippen molar-refractivity contribution in [1.82, 2.24) is 14.3 Å². The number of imidazole rings is 1. The molecular formula is C7H11N3O4S. The van der Waals surface area contributed by atoms with E-state index < -0.39 is 22.5 Å². The van der Waals surface area contributed by atoms with E-state index in [1.807, 2.05) is 11.6 Å². The average molecular weight is 233 g/mol. The zero-order chi connectivity index (χ0) is 11.5. The normalized spacial score (nSPS) is 11.5. The molecule has 1 aromatic heterocycles. The maximum Gasteiger partial charge on any atom is 0.318 e. The van der Waals surface area contributed by atoms with Gasteiger partial charge in [0.2, 0.25) is 0 Å². The summed E-state index contributed by atoms with van der Waals surface area (Å²) in [7, 11) is -3.81. The van der Waals surface area contributed by atoms with Gasteiger partial charge in [0.25, 0.3) is 10.0 Å². The van der Waals surface area contributed by atoms with Crippen LogP contribution in [0.3, 0.4) is 0 Å². The van der Waals surface area contributed by atoms with Gasteiger partial charge < -0.3 is 9.67 Å². The Labute approximate surface area is 86.8 Å². The molecule has 0 bridgehead atoms. The highest BCUT2D eigenvalue weighted by molar-refractivity contribution is 7.89. The number of sulfonamides is 1. The summed E-state index contributed by atoms with van der Waals surface area (Å²) in [6, 6.07) is 0. The summed E-state index contributed by atoms with van der Waals surface area (Å²) in [5.41, 5.74) is 0. The molecule has 0 aliphatic rings. The van der Waals surface area contributed by atoms with Crippen molar-refractivity contribution in [3.63, 3.8) is 0 Å². The standard InChI is InChI=1S/C7H11N3O4S/c1-2-10-4-6(8-5-10)15(13,14)9-3-7(11)12/h4-5,9H,2-3H2,1H3,(H,11,12). The Bertz CT molecular complexity index is 451. The predicted molar refractivity (Wildman–Crippen MR) is 50.7 cm³/mol. The molecule has 0 fully saturated rings. The number of carboxylic acid groups (broad SMARTS) is 1. The van der Waals surface area contributed by atoms with Crippen molar-refractivity contribution in [1.29, 1.82) is 0 Å². The molecule has 7 nitrogen and oxygen atoms in total. The van der Waals surface area contributed by atoms with Gasteiger partial charge >= 0.3 is 5.97 Å². The van der Waals surface area contributed by atoms with Crippen molar-refractivity contribution < 1.29 is 18.3 Å². The second-order valence-corrected chi connectivity index (χ2v) is 4.47. The van der Waals surface area contributed by atoms with Crippen LogP contribution in [0.25, 0.3) is 0 Å². The minimum Gasteiger partial charge on any atom is -0.480 e. The van der Waals surface area contributed by atoms with Crippen molar-refractivity contribution >= 4 is 16.0 Å². The van der Waals surface area contributed by atoms with Crippen molar-refractivity contribution in [3.8, 4) is 0 Å². The molecule has 0 amide bonds. The molecule has 15 heavy (non-hydrogen) atoms. The quantitative estimate of drug-likeness (QED) is 0.698. The molecule has 0 unspecified atom stereocenters. The zero-order valence-electron chi connectivity index (χ0n) is 8.04. The fourth-order valence-electron chi connectivity index (χ4n) is 0.882. The Morgan fingerprint density at radius 1 is 1.67 bits per heavy atom. The van der Waals surface area contributed by atoms with E-state index in [1.54, 1.807) is 4.57 Å². The topological polar surface area (TPSA) is 101 Å². The fourth-order valence-corrected chi connectivity index (χ4v) is 1.80. The van der Waals surface area contributed by atoms with E-state index in [1.165, 1.54) is 12.5 Å². The van der Waals surface area contributed by atoms with Crippen LogP contribution in [-0.2, 0) is 21.4 Å². The van der Waals surface area contributed by atoms with Crippen molar-refractivity contribution in [2.45, 2.75) is 18.5 Å². The number of hydrogen-bond donors (Lipinski definition) is 2. The Hall–Kier alpha value is -1.41. The van der Waals surface area contributed by atoms with Crippen molar-refractivity contribution in [2.75, 3.05) is 6.54 Å². The molecule has 8 heteroatoms. The average Bonchev–Trinajstić information content (AvgIpc) is 2.63. The lowest BCUT2D eigenvalue weighted by molar-refractivity contribution is -0.135. The summed E-state index contributed by atoms with van der Waals surface area (Å²) >= 11 is 0. The Morgan fingerprint density at radius 2 is 2.33 bits per heavy atom. The maximum atomic E-state index is 11.4. The van der Waals surface area contributed by atoms with E-state index in [9.17, 15) is 13.2 Å². The highest BCUT2D eigenvalue weighted by Crippen LogP contribution is 2.04. The summed E-state index contributed by atoms with van der Waals surface area (Å²) in [6.45, 7) is 1.78. The fraction of sp³-hybridized carbons (Fsp3) is 0.429. The molecule has 0 aromatic carbocycles. The first-order chi connectivity index (χ1) is 6.95. The number of carbonyl (C=O) groups is 1.